The van der Waals surface area contributed by atoms with Gasteiger partial charge in [0, 0.05) is 18.6 Å². The first-order valence-electron chi connectivity index (χ1n) is 9.59. The highest BCUT2D eigenvalue weighted by atomic mass is 32.1. The Hall–Kier alpha value is -3.13. The van der Waals surface area contributed by atoms with Crippen molar-refractivity contribution >= 4 is 23.3 Å². The average molecular weight is 427 g/mol. The van der Waals surface area contributed by atoms with Gasteiger partial charge in [0.2, 0.25) is 0 Å². The first-order valence-corrected chi connectivity index (χ1v) is 10.5. The molecule has 2 atom stereocenters. The topological polar surface area (TPSA) is 96.3 Å². The summed E-state index contributed by atoms with van der Waals surface area (Å²) < 4.78 is 1.76. The van der Waals surface area contributed by atoms with Crippen molar-refractivity contribution in [3.8, 4) is 10.6 Å². The molecule has 3 N–H and O–H groups in total. The smallest absolute Gasteiger partial charge is 0.404 e. The van der Waals surface area contributed by atoms with E-state index in [1.165, 1.54) is 11.3 Å². The van der Waals surface area contributed by atoms with Gasteiger partial charge in [0.25, 0.3) is 5.91 Å². The summed E-state index contributed by atoms with van der Waals surface area (Å²) in [6.07, 6.45) is 0.588. The summed E-state index contributed by atoms with van der Waals surface area (Å²) in [5.41, 5.74) is 1.86. The van der Waals surface area contributed by atoms with E-state index in [2.05, 4.69) is 15.7 Å². The van der Waals surface area contributed by atoms with Gasteiger partial charge in [0.15, 0.2) is 0 Å². The Morgan fingerprint density at radius 3 is 2.40 bits per heavy atom. The lowest BCUT2D eigenvalue weighted by atomic mass is 9.79. The van der Waals surface area contributed by atoms with Crippen LogP contribution in [0.2, 0.25) is 0 Å². The molecule has 1 aromatic carbocycles. The monoisotopic (exact) mass is 426 g/mol. The second-order valence-corrected chi connectivity index (χ2v) is 9.11. The first kappa shape index (κ1) is 21.6. The molecule has 0 aliphatic rings. The van der Waals surface area contributed by atoms with Crippen LogP contribution in [0.25, 0.3) is 10.6 Å². The number of nitrogens with one attached hydrogen (secondary N) is 2. The van der Waals surface area contributed by atoms with Crippen molar-refractivity contribution in [1.82, 2.24) is 20.4 Å². The number of hydrogen-bond donors (Lipinski definition) is 3. The lowest BCUT2D eigenvalue weighted by Gasteiger charge is -2.37. The maximum absolute atomic E-state index is 13.1. The second-order valence-electron chi connectivity index (χ2n) is 8.19. The Labute approximate surface area is 179 Å². The minimum Gasteiger partial charge on any atom is -0.465 e. The maximum Gasteiger partial charge on any atom is 0.404 e. The van der Waals surface area contributed by atoms with Crippen LogP contribution in [0.3, 0.4) is 0 Å². The fourth-order valence-corrected chi connectivity index (χ4v) is 4.33. The zero-order valence-corrected chi connectivity index (χ0v) is 18.2. The third kappa shape index (κ3) is 4.88. The summed E-state index contributed by atoms with van der Waals surface area (Å²) in [4.78, 5) is 25.5. The van der Waals surface area contributed by atoms with E-state index in [1.54, 1.807) is 16.3 Å². The lowest BCUT2D eigenvalue weighted by molar-refractivity contribution is 0.0901. The van der Waals surface area contributed by atoms with E-state index < -0.39 is 23.6 Å². The molecule has 2 amide bonds. The van der Waals surface area contributed by atoms with Crippen LogP contribution in [0.4, 0.5) is 4.79 Å². The van der Waals surface area contributed by atoms with Gasteiger partial charge in [-0.1, -0.05) is 51.1 Å². The molecule has 3 rings (SSSR count). The van der Waals surface area contributed by atoms with Gasteiger partial charge >= 0.3 is 6.09 Å². The van der Waals surface area contributed by atoms with Gasteiger partial charge in [-0.15, -0.1) is 11.3 Å². The van der Waals surface area contributed by atoms with E-state index in [0.717, 1.165) is 16.1 Å². The number of carbonyl (C=O) groups excluding carboxylic acids is 1. The van der Waals surface area contributed by atoms with Crippen LogP contribution in [-0.4, -0.2) is 32.9 Å². The molecule has 0 aliphatic heterocycles. The van der Waals surface area contributed by atoms with Crippen molar-refractivity contribution in [2.24, 2.45) is 12.5 Å². The van der Waals surface area contributed by atoms with E-state index >= 15 is 0 Å². The third-order valence-corrected chi connectivity index (χ3v) is 5.88. The number of carbonyl (C=O) groups is 2. The van der Waals surface area contributed by atoms with Crippen molar-refractivity contribution in [2.75, 3.05) is 0 Å². The van der Waals surface area contributed by atoms with E-state index in [0.29, 0.717) is 5.56 Å². The minimum absolute atomic E-state index is 0.255. The van der Waals surface area contributed by atoms with Crippen LogP contribution >= 0.6 is 11.3 Å². The fraction of sp³-hybridized carbons (Fsp3) is 0.318. The number of thiophene rings is 1. The maximum atomic E-state index is 13.1. The van der Waals surface area contributed by atoms with Crippen LogP contribution in [0, 0.1) is 5.41 Å². The molecular formula is C22H26N4O3S. The number of aromatic nitrogens is 2. The summed E-state index contributed by atoms with van der Waals surface area (Å²) >= 11 is 1.47. The number of nitrogens with zero attached hydrogens (tertiary/aromatic N) is 2. The quantitative estimate of drug-likeness (QED) is 0.547. The predicted molar refractivity (Wildman–Crippen MR) is 118 cm³/mol. The Kier molecular flexibility index (Phi) is 6.26. The number of amides is 2. The van der Waals surface area contributed by atoms with Crippen LogP contribution in [0.15, 0.2) is 54.0 Å². The van der Waals surface area contributed by atoms with E-state index in [4.69, 9.17) is 0 Å². The Balaban J connectivity index is 1.91. The zero-order valence-electron chi connectivity index (χ0n) is 17.4. The highest BCUT2D eigenvalue weighted by Gasteiger charge is 2.36. The molecule has 0 saturated carbocycles. The van der Waals surface area contributed by atoms with Gasteiger partial charge in [-0.05, 0) is 23.1 Å². The molecule has 158 valence electrons. The van der Waals surface area contributed by atoms with Gasteiger partial charge in [-0.3, -0.25) is 9.48 Å². The first-order chi connectivity index (χ1) is 14.2. The van der Waals surface area contributed by atoms with E-state index in [9.17, 15) is 14.7 Å². The number of benzene rings is 1. The molecule has 3 aromatic rings. The fourth-order valence-electron chi connectivity index (χ4n) is 3.38. The standard InChI is InChI=1S/C22H26N4O3S/c1-22(2,3)19(25-21(28)29)18(14-8-6-5-7-9-14)24-20(27)15-12-17(30-13-15)16-10-11-23-26(16)4/h5-13,18-19,25H,1-4H3,(H,24,27)(H,28,29). The molecule has 0 radical (unpaired) electrons. The molecule has 0 bridgehead atoms. The molecule has 7 nitrogen and oxygen atoms in total. The highest BCUT2D eigenvalue weighted by Crippen LogP contribution is 2.32. The summed E-state index contributed by atoms with van der Waals surface area (Å²) in [5, 5.41) is 21.0. The molecule has 0 aliphatic carbocycles. The second kappa shape index (κ2) is 8.71. The van der Waals surface area contributed by atoms with E-state index in [1.807, 2.05) is 70.3 Å². The normalized spacial score (nSPS) is 13.5. The molecule has 0 fully saturated rings. The van der Waals surface area contributed by atoms with Crippen LogP contribution in [0.1, 0.15) is 42.7 Å². The number of rotatable bonds is 6. The molecular weight excluding hydrogens is 400 g/mol. The SMILES string of the molecule is Cn1nccc1-c1cc(C(=O)NC(c2ccccc2)C(NC(=O)O)C(C)(C)C)cs1. The molecule has 0 saturated heterocycles. The summed E-state index contributed by atoms with van der Waals surface area (Å²) in [7, 11) is 1.85. The average Bonchev–Trinajstić information content (AvgIpc) is 3.33. The zero-order chi connectivity index (χ0) is 21.9. The van der Waals surface area contributed by atoms with Gasteiger partial charge in [-0.2, -0.15) is 5.10 Å². The molecule has 2 unspecified atom stereocenters. The summed E-state index contributed by atoms with van der Waals surface area (Å²) in [6.45, 7) is 5.84. The van der Waals surface area contributed by atoms with Crippen LogP contribution < -0.4 is 10.6 Å². The third-order valence-electron chi connectivity index (χ3n) is 4.93. The van der Waals surface area contributed by atoms with Crippen LogP contribution in [-0.2, 0) is 7.05 Å². The number of aryl methyl sites for hydroxylation is 1. The van der Waals surface area contributed by atoms with Gasteiger partial charge in [0.05, 0.1) is 28.2 Å². The van der Waals surface area contributed by atoms with Crippen molar-refractivity contribution in [3.05, 3.63) is 65.2 Å². The van der Waals surface area contributed by atoms with Gasteiger partial charge in [0.1, 0.15) is 0 Å². The van der Waals surface area contributed by atoms with Crippen molar-refractivity contribution in [1.29, 1.82) is 0 Å². The highest BCUT2D eigenvalue weighted by molar-refractivity contribution is 7.13. The van der Waals surface area contributed by atoms with Crippen LogP contribution in [0.5, 0.6) is 0 Å². The van der Waals surface area contributed by atoms with Gasteiger partial charge in [-0.25, -0.2) is 4.79 Å². The lowest BCUT2D eigenvalue weighted by Crippen LogP contribution is -2.52. The van der Waals surface area contributed by atoms with Gasteiger partial charge < -0.3 is 15.7 Å². The van der Waals surface area contributed by atoms with Crippen molar-refractivity contribution in [2.45, 2.75) is 32.9 Å². The molecule has 2 aromatic heterocycles. The summed E-state index contributed by atoms with van der Waals surface area (Å²) in [6, 6.07) is 12.1. The molecule has 30 heavy (non-hydrogen) atoms. The number of hydrogen-bond acceptors (Lipinski definition) is 4. The number of carboxylic acid groups (broad SMARTS) is 1. The predicted octanol–water partition coefficient (Wildman–Crippen LogP) is 4.30. The van der Waals surface area contributed by atoms with E-state index in [-0.39, 0.29) is 5.91 Å². The van der Waals surface area contributed by atoms with Crippen molar-refractivity contribution in [3.63, 3.8) is 0 Å². The minimum atomic E-state index is -1.13. The Morgan fingerprint density at radius 2 is 1.83 bits per heavy atom. The largest absolute Gasteiger partial charge is 0.465 e. The Bertz CT molecular complexity index is 1020. The Morgan fingerprint density at radius 1 is 1.13 bits per heavy atom. The molecule has 2 heterocycles. The molecule has 8 heteroatoms. The molecule has 0 spiro atoms. The summed E-state index contributed by atoms with van der Waals surface area (Å²) in [5.74, 6) is -0.255. The van der Waals surface area contributed by atoms with Crippen molar-refractivity contribution < 1.29 is 14.7 Å².